The van der Waals surface area contributed by atoms with Crippen molar-refractivity contribution in [2.75, 3.05) is 39.5 Å². The SMILES string of the molecule is Cc1ccc(C)c(OCCN2CCOC(CO)C2)c1. The summed E-state index contributed by atoms with van der Waals surface area (Å²) in [6, 6.07) is 6.25. The summed E-state index contributed by atoms with van der Waals surface area (Å²) in [5.74, 6) is 0.965. The molecule has 1 atom stereocenters. The first-order valence-corrected chi connectivity index (χ1v) is 6.84. The number of nitrogens with zero attached hydrogens (tertiary/aromatic N) is 1. The highest BCUT2D eigenvalue weighted by Gasteiger charge is 2.19. The van der Waals surface area contributed by atoms with Crippen molar-refractivity contribution in [2.45, 2.75) is 20.0 Å². The molecule has 0 saturated carbocycles. The third kappa shape index (κ3) is 4.20. The lowest BCUT2D eigenvalue weighted by molar-refractivity contribution is -0.0547. The molecule has 106 valence electrons. The molecule has 0 amide bonds. The molecule has 4 nitrogen and oxygen atoms in total. The zero-order valence-corrected chi connectivity index (χ0v) is 11.8. The van der Waals surface area contributed by atoms with Crippen LogP contribution in [0.15, 0.2) is 18.2 Å². The Labute approximate surface area is 114 Å². The van der Waals surface area contributed by atoms with Crippen LogP contribution in [0, 0.1) is 13.8 Å². The van der Waals surface area contributed by atoms with E-state index in [0.29, 0.717) is 13.2 Å². The maximum Gasteiger partial charge on any atom is 0.122 e. The van der Waals surface area contributed by atoms with Gasteiger partial charge in [0.2, 0.25) is 0 Å². The summed E-state index contributed by atoms with van der Waals surface area (Å²) in [7, 11) is 0. The van der Waals surface area contributed by atoms with Crippen molar-refractivity contribution in [3.05, 3.63) is 29.3 Å². The Morgan fingerprint density at radius 3 is 3.05 bits per heavy atom. The predicted octanol–water partition coefficient (Wildman–Crippen LogP) is 1.38. The monoisotopic (exact) mass is 265 g/mol. The van der Waals surface area contributed by atoms with Gasteiger partial charge in [0.05, 0.1) is 19.3 Å². The number of hydrogen-bond donors (Lipinski definition) is 1. The van der Waals surface area contributed by atoms with E-state index < -0.39 is 0 Å². The quantitative estimate of drug-likeness (QED) is 0.873. The molecule has 1 unspecified atom stereocenters. The Kier molecular flexibility index (Phi) is 5.19. The zero-order valence-electron chi connectivity index (χ0n) is 11.8. The fourth-order valence-corrected chi connectivity index (χ4v) is 2.24. The van der Waals surface area contributed by atoms with Crippen LogP contribution in [0.4, 0.5) is 0 Å². The van der Waals surface area contributed by atoms with E-state index in [1.165, 1.54) is 11.1 Å². The third-order valence-electron chi connectivity index (χ3n) is 3.44. The third-order valence-corrected chi connectivity index (χ3v) is 3.44. The highest BCUT2D eigenvalue weighted by molar-refractivity contribution is 5.35. The van der Waals surface area contributed by atoms with Crippen molar-refractivity contribution in [3.63, 3.8) is 0 Å². The minimum atomic E-state index is -0.0468. The smallest absolute Gasteiger partial charge is 0.122 e. The van der Waals surface area contributed by atoms with Crippen molar-refractivity contribution in [3.8, 4) is 5.75 Å². The number of morpholine rings is 1. The summed E-state index contributed by atoms with van der Waals surface area (Å²) in [5.41, 5.74) is 2.38. The second-order valence-corrected chi connectivity index (χ2v) is 5.09. The minimum absolute atomic E-state index is 0.0468. The lowest BCUT2D eigenvalue weighted by Gasteiger charge is -2.31. The molecule has 1 fully saturated rings. The van der Waals surface area contributed by atoms with Crippen molar-refractivity contribution in [1.82, 2.24) is 4.90 Å². The van der Waals surface area contributed by atoms with Crippen LogP contribution >= 0.6 is 0 Å². The van der Waals surface area contributed by atoms with Crippen molar-refractivity contribution >= 4 is 0 Å². The predicted molar refractivity (Wildman–Crippen MR) is 74.7 cm³/mol. The van der Waals surface area contributed by atoms with Gasteiger partial charge in [0, 0.05) is 19.6 Å². The molecule has 1 heterocycles. The van der Waals surface area contributed by atoms with E-state index in [1.54, 1.807) is 0 Å². The van der Waals surface area contributed by atoms with Crippen LogP contribution < -0.4 is 4.74 Å². The molecule has 2 rings (SSSR count). The Hall–Kier alpha value is -1.10. The Morgan fingerprint density at radius 1 is 1.42 bits per heavy atom. The molecule has 1 aliphatic rings. The molecule has 0 spiro atoms. The Balaban J connectivity index is 1.78. The molecule has 1 aliphatic heterocycles. The standard InChI is InChI=1S/C15H23NO3/c1-12-3-4-13(2)15(9-12)19-8-6-16-5-7-18-14(10-16)11-17/h3-4,9,14,17H,5-8,10-11H2,1-2H3. The molecule has 1 aromatic carbocycles. The molecule has 4 heteroatoms. The lowest BCUT2D eigenvalue weighted by atomic mass is 10.1. The molecule has 0 aliphatic carbocycles. The molecule has 1 N–H and O–H groups in total. The summed E-state index contributed by atoms with van der Waals surface area (Å²) in [6.07, 6.45) is -0.0468. The highest BCUT2D eigenvalue weighted by atomic mass is 16.5. The summed E-state index contributed by atoms with van der Waals surface area (Å²) in [5, 5.41) is 9.10. The van der Waals surface area contributed by atoms with Gasteiger partial charge in [-0.05, 0) is 31.0 Å². The molecule has 1 saturated heterocycles. The summed E-state index contributed by atoms with van der Waals surface area (Å²) < 4.78 is 11.3. The normalized spacial score (nSPS) is 20.5. The number of aliphatic hydroxyl groups excluding tert-OH is 1. The first-order chi connectivity index (χ1) is 9.19. The average molecular weight is 265 g/mol. The van der Waals surface area contributed by atoms with Gasteiger partial charge in [-0.25, -0.2) is 0 Å². The fourth-order valence-electron chi connectivity index (χ4n) is 2.24. The number of benzene rings is 1. The van der Waals surface area contributed by atoms with Crippen LogP contribution in [-0.4, -0.2) is 55.6 Å². The van der Waals surface area contributed by atoms with Crippen LogP contribution in [0.3, 0.4) is 0 Å². The van der Waals surface area contributed by atoms with E-state index in [9.17, 15) is 0 Å². The van der Waals surface area contributed by atoms with Gasteiger partial charge in [-0.2, -0.15) is 0 Å². The van der Waals surface area contributed by atoms with Gasteiger partial charge >= 0.3 is 0 Å². The number of hydrogen-bond acceptors (Lipinski definition) is 4. The van der Waals surface area contributed by atoms with E-state index >= 15 is 0 Å². The second-order valence-electron chi connectivity index (χ2n) is 5.09. The van der Waals surface area contributed by atoms with E-state index in [0.717, 1.165) is 25.4 Å². The Bertz CT molecular complexity index is 408. The van der Waals surface area contributed by atoms with Crippen molar-refractivity contribution in [1.29, 1.82) is 0 Å². The average Bonchev–Trinajstić information content (AvgIpc) is 2.43. The van der Waals surface area contributed by atoms with Gasteiger partial charge in [0.25, 0.3) is 0 Å². The van der Waals surface area contributed by atoms with Gasteiger partial charge in [0.1, 0.15) is 12.4 Å². The van der Waals surface area contributed by atoms with E-state index in [4.69, 9.17) is 14.6 Å². The summed E-state index contributed by atoms with van der Waals surface area (Å²) in [6.45, 7) is 8.14. The molecular weight excluding hydrogens is 242 g/mol. The number of rotatable bonds is 5. The van der Waals surface area contributed by atoms with E-state index in [-0.39, 0.29) is 12.7 Å². The number of aryl methyl sites for hydroxylation is 2. The first kappa shape index (κ1) is 14.3. The van der Waals surface area contributed by atoms with Gasteiger partial charge in [-0.1, -0.05) is 12.1 Å². The molecule has 0 bridgehead atoms. The molecule has 1 aromatic rings. The van der Waals surface area contributed by atoms with Crippen LogP contribution in [-0.2, 0) is 4.74 Å². The van der Waals surface area contributed by atoms with Gasteiger partial charge in [-0.15, -0.1) is 0 Å². The van der Waals surface area contributed by atoms with Crippen molar-refractivity contribution in [2.24, 2.45) is 0 Å². The topological polar surface area (TPSA) is 41.9 Å². The van der Waals surface area contributed by atoms with Crippen LogP contribution in [0.2, 0.25) is 0 Å². The minimum Gasteiger partial charge on any atom is -0.492 e. The van der Waals surface area contributed by atoms with Crippen LogP contribution in [0.5, 0.6) is 5.75 Å². The Morgan fingerprint density at radius 2 is 2.26 bits per heavy atom. The van der Waals surface area contributed by atoms with Crippen LogP contribution in [0.1, 0.15) is 11.1 Å². The maximum absolute atomic E-state index is 9.10. The van der Waals surface area contributed by atoms with E-state index in [2.05, 4.69) is 36.9 Å². The van der Waals surface area contributed by atoms with Gasteiger partial charge in [-0.3, -0.25) is 4.90 Å². The van der Waals surface area contributed by atoms with Gasteiger partial charge < -0.3 is 14.6 Å². The van der Waals surface area contributed by atoms with E-state index in [1.807, 2.05) is 0 Å². The van der Waals surface area contributed by atoms with Crippen molar-refractivity contribution < 1.29 is 14.6 Å². The maximum atomic E-state index is 9.10. The number of ether oxygens (including phenoxy) is 2. The fraction of sp³-hybridized carbons (Fsp3) is 0.600. The zero-order chi connectivity index (χ0) is 13.7. The molecule has 19 heavy (non-hydrogen) atoms. The lowest BCUT2D eigenvalue weighted by Crippen LogP contribution is -2.45. The van der Waals surface area contributed by atoms with Crippen LogP contribution in [0.25, 0.3) is 0 Å². The molecular formula is C15H23NO3. The molecule has 0 aromatic heterocycles. The van der Waals surface area contributed by atoms with Gasteiger partial charge in [0.15, 0.2) is 0 Å². The second kappa shape index (κ2) is 6.89. The largest absolute Gasteiger partial charge is 0.492 e. The summed E-state index contributed by atoms with van der Waals surface area (Å²) >= 11 is 0. The number of aliphatic hydroxyl groups is 1. The first-order valence-electron chi connectivity index (χ1n) is 6.84. The summed E-state index contributed by atoms with van der Waals surface area (Å²) in [4.78, 5) is 2.27. The molecule has 0 radical (unpaired) electrons. The highest BCUT2D eigenvalue weighted by Crippen LogP contribution is 2.19.